The van der Waals surface area contributed by atoms with E-state index in [1.165, 1.54) is 16.4 Å². The number of nitrogens with zero attached hydrogens (tertiary/aromatic N) is 3. The molecule has 1 aromatic heterocycles. The molecular formula is C20H22N4O3S. The molecule has 0 aliphatic rings. The minimum absolute atomic E-state index is 0.00903. The topological polar surface area (TPSA) is 92.3 Å². The summed E-state index contributed by atoms with van der Waals surface area (Å²) in [7, 11) is 1.60. The standard InChI is InChI=1S/C20H22N4O3S/c1-4-27-17-10-9-14(13(2)25)11-15(17)12-28-20-23-22-19(24(20)21)16-7-5-6-8-18(16)26-3/h5-11H,4,12,21H2,1-3H3. The van der Waals surface area contributed by atoms with Gasteiger partial charge in [0, 0.05) is 16.9 Å². The first kappa shape index (κ1) is 19.8. The van der Waals surface area contributed by atoms with E-state index >= 15 is 0 Å². The van der Waals surface area contributed by atoms with Crippen LogP contribution in [0.25, 0.3) is 11.4 Å². The van der Waals surface area contributed by atoms with Crippen LogP contribution in [0.3, 0.4) is 0 Å². The smallest absolute Gasteiger partial charge is 0.210 e. The molecule has 3 rings (SSSR count). The Morgan fingerprint density at radius 2 is 1.96 bits per heavy atom. The molecule has 8 heteroatoms. The molecular weight excluding hydrogens is 376 g/mol. The summed E-state index contributed by atoms with van der Waals surface area (Å²) in [5, 5.41) is 8.97. The van der Waals surface area contributed by atoms with Gasteiger partial charge in [0.25, 0.3) is 0 Å². The van der Waals surface area contributed by atoms with E-state index in [1.54, 1.807) is 20.1 Å². The number of carbonyl (C=O) groups excluding carboxylic acids is 1. The third-order valence-corrected chi connectivity index (χ3v) is 5.13. The van der Waals surface area contributed by atoms with Crippen LogP contribution >= 0.6 is 11.8 Å². The Balaban J connectivity index is 1.85. The van der Waals surface area contributed by atoms with Gasteiger partial charge in [-0.1, -0.05) is 23.9 Å². The van der Waals surface area contributed by atoms with Gasteiger partial charge in [0.15, 0.2) is 11.6 Å². The van der Waals surface area contributed by atoms with Crippen molar-refractivity contribution in [3.05, 3.63) is 53.6 Å². The predicted molar refractivity (Wildman–Crippen MR) is 109 cm³/mol. The Bertz CT molecular complexity index is 987. The quantitative estimate of drug-likeness (QED) is 0.352. The van der Waals surface area contributed by atoms with Crippen LogP contribution in [0.5, 0.6) is 11.5 Å². The second-order valence-corrected chi connectivity index (χ2v) is 6.92. The second kappa shape index (κ2) is 8.79. The zero-order chi connectivity index (χ0) is 20.1. The lowest BCUT2D eigenvalue weighted by molar-refractivity contribution is 0.101. The summed E-state index contributed by atoms with van der Waals surface area (Å²) in [5.74, 6) is 8.71. The molecule has 0 fully saturated rings. The molecule has 0 aliphatic carbocycles. The molecule has 0 radical (unpaired) electrons. The molecule has 146 valence electrons. The van der Waals surface area contributed by atoms with Gasteiger partial charge in [-0.15, -0.1) is 10.2 Å². The van der Waals surface area contributed by atoms with Gasteiger partial charge in [-0.2, -0.15) is 0 Å². The first-order valence-corrected chi connectivity index (χ1v) is 9.77. The van der Waals surface area contributed by atoms with E-state index in [9.17, 15) is 4.79 Å². The number of hydrogen-bond donors (Lipinski definition) is 1. The minimum atomic E-state index is 0.00903. The van der Waals surface area contributed by atoms with Crippen molar-refractivity contribution in [1.29, 1.82) is 0 Å². The maximum Gasteiger partial charge on any atom is 0.210 e. The van der Waals surface area contributed by atoms with Crippen LogP contribution in [0, 0.1) is 0 Å². The Hall–Kier alpha value is -3.00. The number of rotatable bonds is 8. The third kappa shape index (κ3) is 4.12. The van der Waals surface area contributed by atoms with Crippen molar-refractivity contribution in [3.8, 4) is 22.9 Å². The number of benzene rings is 2. The summed E-state index contributed by atoms with van der Waals surface area (Å²) >= 11 is 1.42. The highest BCUT2D eigenvalue weighted by atomic mass is 32.2. The van der Waals surface area contributed by atoms with Gasteiger partial charge in [-0.25, -0.2) is 4.68 Å². The summed E-state index contributed by atoms with van der Waals surface area (Å²) in [6.07, 6.45) is 0. The van der Waals surface area contributed by atoms with E-state index in [1.807, 2.05) is 43.3 Å². The number of nitrogen functional groups attached to an aromatic ring is 1. The fourth-order valence-corrected chi connectivity index (χ4v) is 3.57. The lowest BCUT2D eigenvalue weighted by Crippen LogP contribution is -2.12. The number of ketones is 1. The maximum absolute atomic E-state index is 11.7. The number of nitrogens with two attached hydrogens (primary N) is 1. The lowest BCUT2D eigenvalue weighted by atomic mass is 10.1. The highest BCUT2D eigenvalue weighted by Gasteiger charge is 2.17. The number of para-hydroxylation sites is 1. The maximum atomic E-state index is 11.7. The van der Waals surface area contributed by atoms with Gasteiger partial charge in [0.2, 0.25) is 5.16 Å². The molecule has 28 heavy (non-hydrogen) atoms. The molecule has 2 N–H and O–H groups in total. The number of Topliss-reactive ketones (excluding diaryl/α,β-unsaturated/α-hetero) is 1. The number of hydrogen-bond acceptors (Lipinski definition) is 7. The molecule has 0 unspecified atom stereocenters. The highest BCUT2D eigenvalue weighted by Crippen LogP contribution is 2.32. The summed E-state index contributed by atoms with van der Waals surface area (Å²) < 4.78 is 12.5. The molecule has 0 saturated carbocycles. The van der Waals surface area contributed by atoms with Crippen LogP contribution in [-0.2, 0) is 5.75 Å². The van der Waals surface area contributed by atoms with Gasteiger partial charge in [0.05, 0.1) is 19.3 Å². The van der Waals surface area contributed by atoms with Crippen molar-refractivity contribution in [1.82, 2.24) is 14.9 Å². The lowest BCUT2D eigenvalue weighted by Gasteiger charge is -2.11. The molecule has 0 bridgehead atoms. The summed E-state index contributed by atoms with van der Waals surface area (Å²) in [4.78, 5) is 11.7. The van der Waals surface area contributed by atoms with Crippen LogP contribution in [0.15, 0.2) is 47.6 Å². The molecule has 0 saturated heterocycles. The van der Waals surface area contributed by atoms with E-state index in [2.05, 4.69) is 10.2 Å². The fraction of sp³-hybridized carbons (Fsp3) is 0.250. The Labute approximate surface area is 167 Å². The van der Waals surface area contributed by atoms with Crippen molar-refractivity contribution in [2.45, 2.75) is 24.8 Å². The largest absolute Gasteiger partial charge is 0.496 e. The van der Waals surface area contributed by atoms with Gasteiger partial charge in [0.1, 0.15) is 11.5 Å². The zero-order valence-electron chi connectivity index (χ0n) is 16.0. The average Bonchev–Trinajstić information content (AvgIpc) is 3.07. The number of aromatic nitrogens is 3. The van der Waals surface area contributed by atoms with Gasteiger partial charge >= 0.3 is 0 Å². The molecule has 7 nitrogen and oxygen atoms in total. The van der Waals surface area contributed by atoms with Crippen LogP contribution in [-0.4, -0.2) is 34.4 Å². The molecule has 0 atom stereocenters. The minimum Gasteiger partial charge on any atom is -0.496 e. The van der Waals surface area contributed by atoms with Crippen LogP contribution < -0.4 is 15.3 Å². The van der Waals surface area contributed by atoms with Crippen LogP contribution in [0.1, 0.15) is 29.8 Å². The summed E-state index contributed by atoms with van der Waals surface area (Å²) in [6.45, 7) is 4.01. The Morgan fingerprint density at radius 1 is 1.18 bits per heavy atom. The summed E-state index contributed by atoms with van der Waals surface area (Å²) in [5.41, 5.74) is 2.31. The van der Waals surface area contributed by atoms with Crippen molar-refractivity contribution in [3.63, 3.8) is 0 Å². The van der Waals surface area contributed by atoms with E-state index in [-0.39, 0.29) is 5.78 Å². The van der Waals surface area contributed by atoms with E-state index in [0.29, 0.717) is 34.7 Å². The van der Waals surface area contributed by atoms with E-state index in [4.69, 9.17) is 15.3 Å². The molecule has 1 heterocycles. The van der Waals surface area contributed by atoms with Crippen LogP contribution in [0.4, 0.5) is 0 Å². The van der Waals surface area contributed by atoms with Crippen LogP contribution in [0.2, 0.25) is 0 Å². The van der Waals surface area contributed by atoms with Crippen molar-refractivity contribution in [2.24, 2.45) is 0 Å². The number of carbonyl (C=O) groups is 1. The number of thioether (sulfide) groups is 1. The van der Waals surface area contributed by atoms with Gasteiger partial charge in [-0.05, 0) is 44.2 Å². The first-order chi connectivity index (χ1) is 13.5. The van der Waals surface area contributed by atoms with Crippen molar-refractivity contribution < 1.29 is 14.3 Å². The molecule has 0 aliphatic heterocycles. The second-order valence-electron chi connectivity index (χ2n) is 5.98. The van der Waals surface area contributed by atoms with Crippen molar-refractivity contribution in [2.75, 3.05) is 19.6 Å². The first-order valence-electron chi connectivity index (χ1n) is 8.78. The normalized spacial score (nSPS) is 10.7. The number of methoxy groups -OCH3 is 1. The molecule has 2 aromatic carbocycles. The molecule has 0 spiro atoms. The predicted octanol–water partition coefficient (Wildman–Crippen LogP) is 3.56. The third-order valence-electron chi connectivity index (χ3n) is 4.14. The van der Waals surface area contributed by atoms with E-state index < -0.39 is 0 Å². The highest BCUT2D eigenvalue weighted by molar-refractivity contribution is 7.98. The zero-order valence-corrected chi connectivity index (χ0v) is 16.8. The molecule has 0 amide bonds. The van der Waals surface area contributed by atoms with Crippen molar-refractivity contribution >= 4 is 17.5 Å². The Morgan fingerprint density at radius 3 is 2.68 bits per heavy atom. The SMILES string of the molecule is CCOc1ccc(C(C)=O)cc1CSc1nnc(-c2ccccc2OC)n1N. The summed E-state index contributed by atoms with van der Waals surface area (Å²) in [6, 6.07) is 12.9. The monoisotopic (exact) mass is 398 g/mol. The Kier molecular flexibility index (Phi) is 6.20. The average molecular weight is 398 g/mol. The van der Waals surface area contributed by atoms with Gasteiger partial charge < -0.3 is 15.3 Å². The van der Waals surface area contributed by atoms with Gasteiger partial charge in [-0.3, -0.25) is 4.79 Å². The molecule has 3 aromatic rings. The number of ether oxygens (including phenoxy) is 2. The van der Waals surface area contributed by atoms with E-state index in [0.717, 1.165) is 16.9 Å². The fourth-order valence-electron chi connectivity index (χ4n) is 2.74.